The predicted octanol–water partition coefficient (Wildman–Crippen LogP) is 4.19. The number of rotatable bonds is 8. The van der Waals surface area contributed by atoms with Gasteiger partial charge >= 0.3 is 5.97 Å². The Balaban J connectivity index is 1.33. The number of halogens is 1. The Morgan fingerprint density at radius 1 is 1.06 bits per heavy atom. The van der Waals surface area contributed by atoms with Crippen LogP contribution in [-0.4, -0.2) is 66.2 Å². The van der Waals surface area contributed by atoms with Crippen LogP contribution in [0.2, 0.25) is 5.02 Å². The van der Waals surface area contributed by atoms with Gasteiger partial charge in [-0.15, -0.1) is 0 Å². The van der Waals surface area contributed by atoms with Crippen LogP contribution in [0.4, 0.5) is 11.5 Å². The summed E-state index contributed by atoms with van der Waals surface area (Å²) in [7, 11) is 0. The van der Waals surface area contributed by atoms with E-state index < -0.39 is 5.97 Å². The highest BCUT2D eigenvalue weighted by molar-refractivity contribution is 6.30. The Bertz CT molecular complexity index is 1180. The first-order valence-corrected chi connectivity index (χ1v) is 11.7. The van der Waals surface area contributed by atoms with Gasteiger partial charge in [-0.1, -0.05) is 29.3 Å². The fourth-order valence-electron chi connectivity index (χ4n) is 3.85. The van der Waals surface area contributed by atoms with Crippen LogP contribution in [0.1, 0.15) is 26.3 Å². The number of amides is 1. The largest absolute Gasteiger partial charge is 0.492 e. The lowest BCUT2D eigenvalue weighted by molar-refractivity contribution is 0.0696. The molecule has 35 heavy (non-hydrogen) atoms. The quantitative estimate of drug-likeness (QED) is 0.484. The van der Waals surface area contributed by atoms with E-state index in [2.05, 4.69) is 15.2 Å². The summed E-state index contributed by atoms with van der Waals surface area (Å²) in [5.41, 5.74) is 1.95. The summed E-state index contributed by atoms with van der Waals surface area (Å²) in [5, 5.41) is 13.2. The molecule has 0 unspecified atom stereocenters. The van der Waals surface area contributed by atoms with Gasteiger partial charge in [0.2, 0.25) is 0 Å². The number of anilines is 2. The maximum Gasteiger partial charge on any atom is 0.339 e. The van der Waals surface area contributed by atoms with Crippen molar-refractivity contribution in [2.45, 2.75) is 6.92 Å². The summed E-state index contributed by atoms with van der Waals surface area (Å²) in [5.74, 6) is -0.219. The topological polar surface area (TPSA) is 95.0 Å². The number of aromatic carboxylic acids is 1. The van der Waals surface area contributed by atoms with Gasteiger partial charge in [0.15, 0.2) is 0 Å². The number of carboxylic acid groups (broad SMARTS) is 1. The second-order valence-corrected chi connectivity index (χ2v) is 8.79. The lowest BCUT2D eigenvalue weighted by Gasteiger charge is -2.35. The van der Waals surface area contributed by atoms with E-state index in [9.17, 15) is 14.7 Å². The molecule has 1 aliphatic rings. The molecule has 2 heterocycles. The van der Waals surface area contributed by atoms with Crippen molar-refractivity contribution in [2.75, 3.05) is 49.5 Å². The lowest BCUT2D eigenvalue weighted by atomic mass is 10.1. The Morgan fingerprint density at radius 3 is 2.40 bits per heavy atom. The van der Waals surface area contributed by atoms with Gasteiger partial charge < -0.3 is 20.1 Å². The molecule has 0 saturated carbocycles. The van der Waals surface area contributed by atoms with Crippen LogP contribution in [-0.2, 0) is 0 Å². The highest BCUT2D eigenvalue weighted by Gasteiger charge is 2.23. The zero-order chi connectivity index (χ0) is 24.8. The number of benzene rings is 2. The molecular weight excluding hydrogens is 468 g/mol. The first-order valence-electron chi connectivity index (χ1n) is 11.4. The standard InChI is InChI=1S/C26H27ClN4O4/c1-18-2-4-19(5-3-18)25(32)29-21-16-23(26(33)34)24(28-17-21)31-12-10-30(11-13-31)14-15-35-22-8-6-20(27)7-9-22/h2-9,16-17H,10-15H2,1H3,(H,29,32)(H,33,34). The number of ether oxygens (including phenoxy) is 1. The molecule has 1 amide bonds. The van der Waals surface area contributed by atoms with E-state index in [4.69, 9.17) is 16.3 Å². The lowest BCUT2D eigenvalue weighted by Crippen LogP contribution is -2.48. The number of aryl methyl sites for hydroxylation is 1. The molecule has 0 atom stereocenters. The maximum absolute atomic E-state index is 12.5. The van der Waals surface area contributed by atoms with Crippen molar-refractivity contribution >= 4 is 35.0 Å². The van der Waals surface area contributed by atoms with Gasteiger partial charge in [-0.05, 0) is 49.4 Å². The van der Waals surface area contributed by atoms with E-state index >= 15 is 0 Å². The van der Waals surface area contributed by atoms with E-state index in [1.165, 1.54) is 12.3 Å². The second-order valence-electron chi connectivity index (χ2n) is 8.35. The van der Waals surface area contributed by atoms with Crippen molar-refractivity contribution in [1.29, 1.82) is 0 Å². The molecule has 4 rings (SSSR count). The molecule has 0 bridgehead atoms. The van der Waals surface area contributed by atoms with Crippen molar-refractivity contribution in [3.05, 3.63) is 82.5 Å². The molecule has 1 aromatic heterocycles. The second kappa shape index (κ2) is 11.2. The van der Waals surface area contributed by atoms with E-state index in [0.717, 1.165) is 30.9 Å². The zero-order valence-corrected chi connectivity index (χ0v) is 20.2. The van der Waals surface area contributed by atoms with Crippen LogP contribution >= 0.6 is 11.6 Å². The molecule has 1 fully saturated rings. The third-order valence-corrected chi connectivity index (χ3v) is 6.08. The summed E-state index contributed by atoms with van der Waals surface area (Å²) < 4.78 is 5.77. The van der Waals surface area contributed by atoms with Crippen LogP contribution < -0.4 is 15.0 Å². The minimum absolute atomic E-state index is 0.0613. The maximum atomic E-state index is 12.5. The number of carbonyl (C=O) groups excluding carboxylic acids is 1. The summed E-state index contributed by atoms with van der Waals surface area (Å²) >= 11 is 5.89. The molecular formula is C26H27ClN4O4. The highest BCUT2D eigenvalue weighted by atomic mass is 35.5. The Hall–Kier alpha value is -3.62. The smallest absolute Gasteiger partial charge is 0.339 e. The predicted molar refractivity (Wildman–Crippen MR) is 136 cm³/mol. The Kier molecular flexibility index (Phi) is 7.84. The number of nitrogens with zero attached hydrogens (tertiary/aromatic N) is 3. The molecule has 0 radical (unpaired) electrons. The van der Waals surface area contributed by atoms with Gasteiger partial charge in [0.1, 0.15) is 23.7 Å². The molecule has 182 valence electrons. The van der Waals surface area contributed by atoms with Crippen LogP contribution in [0.3, 0.4) is 0 Å². The Labute approximate surface area is 209 Å². The third-order valence-electron chi connectivity index (χ3n) is 5.83. The highest BCUT2D eigenvalue weighted by Crippen LogP contribution is 2.23. The van der Waals surface area contributed by atoms with Gasteiger partial charge in [-0.2, -0.15) is 0 Å². The SMILES string of the molecule is Cc1ccc(C(=O)Nc2cnc(N3CCN(CCOc4ccc(Cl)cc4)CC3)c(C(=O)O)c2)cc1. The van der Waals surface area contributed by atoms with Crippen molar-refractivity contribution in [3.63, 3.8) is 0 Å². The van der Waals surface area contributed by atoms with Crippen LogP contribution in [0.25, 0.3) is 0 Å². The third kappa shape index (κ3) is 6.49. The number of aromatic nitrogens is 1. The van der Waals surface area contributed by atoms with Gasteiger partial charge in [0, 0.05) is 43.3 Å². The molecule has 9 heteroatoms. The van der Waals surface area contributed by atoms with E-state index in [-0.39, 0.29) is 11.5 Å². The van der Waals surface area contributed by atoms with Gasteiger partial charge in [-0.25, -0.2) is 9.78 Å². The number of pyridine rings is 1. The van der Waals surface area contributed by atoms with Crippen LogP contribution in [0.15, 0.2) is 60.8 Å². The summed E-state index contributed by atoms with van der Waals surface area (Å²) in [6.45, 7) is 6.06. The molecule has 1 aliphatic heterocycles. The normalized spacial score (nSPS) is 13.9. The minimum atomic E-state index is -1.09. The molecule has 3 aromatic rings. The minimum Gasteiger partial charge on any atom is -0.492 e. The summed E-state index contributed by atoms with van der Waals surface area (Å²) in [6.07, 6.45) is 1.50. The average Bonchev–Trinajstić information content (AvgIpc) is 2.86. The number of hydrogen-bond donors (Lipinski definition) is 2. The van der Waals surface area contributed by atoms with Crippen LogP contribution in [0, 0.1) is 6.92 Å². The molecule has 2 aromatic carbocycles. The Morgan fingerprint density at radius 2 is 1.74 bits per heavy atom. The number of nitrogens with one attached hydrogen (secondary N) is 1. The molecule has 8 nitrogen and oxygen atoms in total. The van der Waals surface area contributed by atoms with Crippen molar-refractivity contribution < 1.29 is 19.4 Å². The first kappa shape index (κ1) is 24.5. The number of piperazine rings is 1. The fourth-order valence-corrected chi connectivity index (χ4v) is 3.98. The van der Waals surface area contributed by atoms with E-state index in [1.807, 2.05) is 36.1 Å². The van der Waals surface area contributed by atoms with Crippen LogP contribution in [0.5, 0.6) is 5.75 Å². The number of carboxylic acids is 1. The van der Waals surface area contributed by atoms with E-state index in [1.54, 1.807) is 24.3 Å². The molecule has 2 N–H and O–H groups in total. The summed E-state index contributed by atoms with van der Waals surface area (Å²) in [6, 6.07) is 15.9. The molecule has 0 spiro atoms. The summed E-state index contributed by atoms with van der Waals surface area (Å²) in [4.78, 5) is 33.1. The number of hydrogen-bond acceptors (Lipinski definition) is 6. The van der Waals surface area contributed by atoms with Crippen molar-refractivity contribution in [2.24, 2.45) is 0 Å². The van der Waals surface area contributed by atoms with Crippen molar-refractivity contribution in [3.8, 4) is 5.75 Å². The van der Waals surface area contributed by atoms with E-state index in [0.29, 0.717) is 41.8 Å². The fraction of sp³-hybridized carbons (Fsp3) is 0.269. The monoisotopic (exact) mass is 494 g/mol. The van der Waals surface area contributed by atoms with Crippen molar-refractivity contribution in [1.82, 2.24) is 9.88 Å². The van der Waals surface area contributed by atoms with Gasteiger partial charge in [0.25, 0.3) is 5.91 Å². The van der Waals surface area contributed by atoms with Gasteiger partial charge in [-0.3, -0.25) is 9.69 Å². The molecule has 0 aliphatic carbocycles. The first-order chi connectivity index (χ1) is 16.9. The zero-order valence-electron chi connectivity index (χ0n) is 19.4. The number of carbonyl (C=O) groups is 2. The van der Waals surface area contributed by atoms with Gasteiger partial charge in [0.05, 0.1) is 11.9 Å². The molecule has 1 saturated heterocycles. The average molecular weight is 495 g/mol.